The van der Waals surface area contributed by atoms with Crippen molar-refractivity contribution < 1.29 is 4.79 Å². The smallest absolute Gasteiger partial charge is 0.197 e. The van der Waals surface area contributed by atoms with E-state index in [0.717, 1.165) is 0 Å². The number of hydrogen-bond acceptors (Lipinski definition) is 2. The number of carbonyl (C=O) groups excluding carboxylic acids is 1. The van der Waals surface area contributed by atoms with Crippen LogP contribution < -0.4 is 5.73 Å². The van der Waals surface area contributed by atoms with E-state index in [2.05, 4.69) is 0 Å². The Labute approximate surface area is 119 Å². The molecule has 2 aromatic rings. The molecule has 0 unspecified atom stereocenters. The Hall–Kier alpha value is -1.22. The fraction of sp³-hybridized carbons (Fsp3) is 0. The van der Waals surface area contributed by atoms with E-state index in [1.54, 1.807) is 30.3 Å². The Morgan fingerprint density at radius 1 is 0.944 bits per heavy atom. The molecule has 5 heteroatoms. The average Bonchev–Trinajstić information content (AvgIpc) is 2.28. The Balaban J connectivity index is 2.55. The fourth-order valence-corrected chi connectivity index (χ4v) is 2.41. The minimum atomic E-state index is -0.324. The highest BCUT2D eigenvalue weighted by Crippen LogP contribution is 2.29. The van der Waals surface area contributed by atoms with E-state index in [1.807, 2.05) is 0 Å². The second-order valence-electron chi connectivity index (χ2n) is 3.67. The summed E-state index contributed by atoms with van der Waals surface area (Å²) < 4.78 is 0. The van der Waals surface area contributed by atoms with Gasteiger partial charge in [-0.2, -0.15) is 0 Å². The summed E-state index contributed by atoms with van der Waals surface area (Å²) in [5.74, 6) is -0.324. The molecule has 0 radical (unpaired) electrons. The van der Waals surface area contributed by atoms with E-state index in [-0.39, 0.29) is 16.4 Å². The van der Waals surface area contributed by atoms with Gasteiger partial charge in [0, 0.05) is 11.3 Å². The van der Waals surface area contributed by atoms with Crippen LogP contribution in [0.15, 0.2) is 36.4 Å². The lowest BCUT2D eigenvalue weighted by Gasteiger charge is -2.08. The maximum atomic E-state index is 12.3. The molecule has 0 bridgehead atoms. The van der Waals surface area contributed by atoms with Crippen LogP contribution >= 0.6 is 34.8 Å². The highest BCUT2D eigenvalue weighted by atomic mass is 35.5. The number of rotatable bonds is 2. The van der Waals surface area contributed by atoms with Crippen molar-refractivity contribution in [3.05, 3.63) is 62.6 Å². The van der Waals surface area contributed by atoms with Crippen molar-refractivity contribution >= 4 is 46.3 Å². The zero-order chi connectivity index (χ0) is 13.3. The van der Waals surface area contributed by atoms with Crippen LogP contribution in [0.5, 0.6) is 0 Å². The predicted molar refractivity (Wildman–Crippen MR) is 75.8 cm³/mol. The van der Waals surface area contributed by atoms with Gasteiger partial charge in [-0.1, -0.05) is 40.9 Å². The number of nitrogen functional groups attached to an aromatic ring is 1. The maximum Gasteiger partial charge on any atom is 0.197 e. The van der Waals surface area contributed by atoms with E-state index in [0.29, 0.717) is 21.3 Å². The fourth-order valence-electron chi connectivity index (χ4n) is 1.56. The molecule has 0 aliphatic rings. The monoisotopic (exact) mass is 299 g/mol. The topological polar surface area (TPSA) is 43.1 Å². The molecule has 0 fully saturated rings. The molecule has 2 nitrogen and oxygen atoms in total. The lowest BCUT2D eigenvalue weighted by Crippen LogP contribution is -2.04. The molecule has 2 aromatic carbocycles. The molecule has 0 saturated heterocycles. The van der Waals surface area contributed by atoms with Gasteiger partial charge >= 0.3 is 0 Å². The van der Waals surface area contributed by atoms with Gasteiger partial charge in [0.2, 0.25) is 0 Å². The summed E-state index contributed by atoms with van der Waals surface area (Å²) in [4.78, 5) is 12.3. The molecule has 0 atom stereocenters. The summed E-state index contributed by atoms with van der Waals surface area (Å²) in [5.41, 5.74) is 6.63. The average molecular weight is 301 g/mol. The highest BCUT2D eigenvalue weighted by molar-refractivity contribution is 6.42. The molecular formula is C13H8Cl3NO. The first-order chi connectivity index (χ1) is 8.50. The number of ketones is 1. The minimum absolute atomic E-state index is 0.243. The van der Waals surface area contributed by atoms with Crippen LogP contribution in [0.2, 0.25) is 15.1 Å². The molecule has 0 amide bonds. The van der Waals surface area contributed by atoms with Crippen LogP contribution in [0.4, 0.5) is 5.69 Å². The van der Waals surface area contributed by atoms with Crippen LogP contribution in [-0.2, 0) is 0 Å². The summed E-state index contributed by atoms with van der Waals surface area (Å²) in [6.07, 6.45) is 0. The largest absolute Gasteiger partial charge is 0.399 e. The molecular weight excluding hydrogens is 293 g/mol. The summed E-state index contributed by atoms with van der Waals surface area (Å²) in [6.45, 7) is 0. The molecule has 0 heterocycles. The van der Waals surface area contributed by atoms with Crippen LogP contribution in [0.3, 0.4) is 0 Å². The minimum Gasteiger partial charge on any atom is -0.399 e. The van der Waals surface area contributed by atoms with E-state index in [4.69, 9.17) is 40.5 Å². The van der Waals surface area contributed by atoms with Crippen LogP contribution in [0, 0.1) is 0 Å². The second kappa shape index (κ2) is 5.19. The molecule has 2 N–H and O–H groups in total. The van der Waals surface area contributed by atoms with Gasteiger partial charge in [0.1, 0.15) is 0 Å². The third kappa shape index (κ3) is 2.46. The van der Waals surface area contributed by atoms with E-state index in [9.17, 15) is 4.79 Å². The molecule has 0 aromatic heterocycles. The zero-order valence-corrected chi connectivity index (χ0v) is 11.4. The van der Waals surface area contributed by atoms with Gasteiger partial charge in [-0.05, 0) is 30.3 Å². The molecule has 18 heavy (non-hydrogen) atoms. The number of nitrogens with two attached hydrogens (primary N) is 1. The zero-order valence-electron chi connectivity index (χ0n) is 9.08. The van der Waals surface area contributed by atoms with Gasteiger partial charge in [-0.15, -0.1) is 0 Å². The maximum absolute atomic E-state index is 12.3. The van der Waals surface area contributed by atoms with Crippen molar-refractivity contribution in [2.24, 2.45) is 0 Å². The van der Waals surface area contributed by atoms with Crippen molar-refractivity contribution in [1.82, 2.24) is 0 Å². The van der Waals surface area contributed by atoms with E-state index < -0.39 is 0 Å². The van der Waals surface area contributed by atoms with Crippen molar-refractivity contribution in [2.75, 3.05) is 5.73 Å². The lowest BCUT2D eigenvalue weighted by molar-refractivity contribution is 0.103. The summed E-state index contributed by atoms with van der Waals surface area (Å²) >= 11 is 18.0. The second-order valence-corrected chi connectivity index (χ2v) is 4.89. The summed E-state index contributed by atoms with van der Waals surface area (Å²) in [7, 11) is 0. The number of anilines is 1. The quantitative estimate of drug-likeness (QED) is 0.657. The van der Waals surface area contributed by atoms with Crippen molar-refractivity contribution in [2.45, 2.75) is 0 Å². The molecule has 92 valence electrons. The number of halogens is 3. The summed E-state index contributed by atoms with van der Waals surface area (Å²) in [6, 6.07) is 9.55. The number of benzene rings is 2. The Kier molecular flexibility index (Phi) is 3.81. The SMILES string of the molecule is Nc1ccc(C(=O)c2c(Cl)cccc2Cl)c(Cl)c1. The Morgan fingerprint density at radius 3 is 2.11 bits per heavy atom. The summed E-state index contributed by atoms with van der Waals surface area (Å²) in [5, 5.41) is 0.858. The Bertz CT molecular complexity index is 605. The van der Waals surface area contributed by atoms with Gasteiger partial charge in [0.15, 0.2) is 5.78 Å². The molecule has 0 saturated carbocycles. The molecule has 0 aliphatic carbocycles. The standard InChI is InChI=1S/C13H8Cl3NO/c14-9-2-1-3-10(15)12(9)13(18)8-5-4-7(17)6-11(8)16/h1-6H,17H2. The first-order valence-electron chi connectivity index (χ1n) is 5.04. The van der Waals surface area contributed by atoms with E-state index in [1.165, 1.54) is 6.07 Å². The van der Waals surface area contributed by atoms with Crippen molar-refractivity contribution in [3.63, 3.8) is 0 Å². The number of carbonyl (C=O) groups is 1. The van der Waals surface area contributed by atoms with Gasteiger partial charge in [0.25, 0.3) is 0 Å². The normalized spacial score (nSPS) is 10.4. The predicted octanol–water partition coefficient (Wildman–Crippen LogP) is 4.46. The first-order valence-corrected chi connectivity index (χ1v) is 6.18. The van der Waals surface area contributed by atoms with Crippen LogP contribution in [0.1, 0.15) is 15.9 Å². The van der Waals surface area contributed by atoms with E-state index >= 15 is 0 Å². The Morgan fingerprint density at radius 2 is 1.56 bits per heavy atom. The first kappa shape index (κ1) is 13.2. The third-order valence-corrected chi connectivity index (χ3v) is 3.37. The van der Waals surface area contributed by atoms with Gasteiger partial charge in [0.05, 0.1) is 20.6 Å². The van der Waals surface area contributed by atoms with Gasteiger partial charge in [-0.3, -0.25) is 4.79 Å². The third-order valence-electron chi connectivity index (χ3n) is 2.43. The lowest BCUT2D eigenvalue weighted by atomic mass is 10.0. The van der Waals surface area contributed by atoms with Crippen LogP contribution in [0.25, 0.3) is 0 Å². The van der Waals surface area contributed by atoms with Gasteiger partial charge in [-0.25, -0.2) is 0 Å². The molecule has 0 aliphatic heterocycles. The molecule has 2 rings (SSSR count). The molecule has 0 spiro atoms. The van der Waals surface area contributed by atoms with Gasteiger partial charge < -0.3 is 5.73 Å². The van der Waals surface area contributed by atoms with Crippen molar-refractivity contribution in [1.29, 1.82) is 0 Å². The highest BCUT2D eigenvalue weighted by Gasteiger charge is 2.18. The van der Waals surface area contributed by atoms with Crippen molar-refractivity contribution in [3.8, 4) is 0 Å². The van der Waals surface area contributed by atoms with Crippen LogP contribution in [-0.4, -0.2) is 5.78 Å². The number of hydrogen-bond donors (Lipinski definition) is 1.